The molecule has 0 amide bonds. The van der Waals surface area contributed by atoms with Crippen molar-refractivity contribution in [1.29, 1.82) is 0 Å². The van der Waals surface area contributed by atoms with Gasteiger partial charge in [0.15, 0.2) is 0 Å². The van der Waals surface area contributed by atoms with Crippen molar-refractivity contribution in [3.8, 4) is 0 Å². The maximum Gasteiger partial charge on any atom is 0.310 e. The van der Waals surface area contributed by atoms with Crippen molar-refractivity contribution in [1.82, 2.24) is 0 Å². The number of carbonyl (C=O) groups is 1. The maximum atomic E-state index is 13.6. The van der Waals surface area contributed by atoms with E-state index in [1.807, 2.05) is 19.9 Å². The van der Waals surface area contributed by atoms with Gasteiger partial charge in [0.05, 0.1) is 9.31 Å². The molecule has 1 aromatic carbocycles. The van der Waals surface area contributed by atoms with Gasteiger partial charge in [-0.3, -0.25) is 4.79 Å². The summed E-state index contributed by atoms with van der Waals surface area (Å²) in [5, 5.41) is 0. The van der Waals surface area contributed by atoms with Crippen molar-refractivity contribution in [2.75, 3.05) is 0 Å². The fourth-order valence-corrected chi connectivity index (χ4v) is 3.49. The van der Waals surface area contributed by atoms with Crippen molar-refractivity contribution in [3.05, 3.63) is 43.9 Å². The molecule has 1 fully saturated rings. The molecule has 2 atom stereocenters. The lowest BCUT2D eigenvalue weighted by Crippen LogP contribution is -2.12. The predicted octanol–water partition coefficient (Wildman–Crippen LogP) is 5.53. The first-order valence-corrected chi connectivity index (χ1v) is 8.79. The summed E-state index contributed by atoms with van der Waals surface area (Å²) in [5.41, 5.74) is 0.821. The Morgan fingerprint density at radius 3 is 2.26 bits per heavy atom. The summed E-state index contributed by atoms with van der Waals surface area (Å²) >= 11 is 6.59. The fraction of sp³-hybridized carbons (Fsp3) is 0.471. The largest absolute Gasteiger partial charge is 0.461 e. The van der Waals surface area contributed by atoms with Gasteiger partial charge in [-0.15, -0.1) is 0 Å². The van der Waals surface area contributed by atoms with Crippen LogP contribution in [0.3, 0.4) is 0 Å². The second-order valence-electron chi connectivity index (χ2n) is 6.46. The standard InChI is InChI=1S/C17H18Br2F2O2/c1-8-10(9(2)13(21)6-12(8)20)7-23-16(22)15-11(5-14(18)19)17(15,3)4/h5-6,11,15H,7H2,1-4H3/t11-,15-/m0/s1. The summed E-state index contributed by atoms with van der Waals surface area (Å²) in [5.74, 6) is -1.80. The van der Waals surface area contributed by atoms with E-state index < -0.39 is 11.6 Å². The molecule has 0 bridgehead atoms. The molecule has 1 aromatic rings. The zero-order chi connectivity index (χ0) is 17.5. The van der Waals surface area contributed by atoms with Gasteiger partial charge in [0, 0.05) is 11.6 Å². The van der Waals surface area contributed by atoms with Crippen LogP contribution in [0.5, 0.6) is 0 Å². The third kappa shape index (κ3) is 3.68. The summed E-state index contributed by atoms with van der Waals surface area (Å²) in [4.78, 5) is 12.3. The summed E-state index contributed by atoms with van der Waals surface area (Å²) in [6, 6.07) is 0.855. The lowest BCUT2D eigenvalue weighted by Gasteiger charge is -2.12. The van der Waals surface area contributed by atoms with Gasteiger partial charge in [0.2, 0.25) is 0 Å². The van der Waals surface area contributed by atoms with Gasteiger partial charge in [-0.2, -0.15) is 0 Å². The van der Waals surface area contributed by atoms with Crippen LogP contribution in [0, 0.1) is 42.7 Å². The van der Waals surface area contributed by atoms with Crippen LogP contribution < -0.4 is 0 Å². The molecule has 0 radical (unpaired) electrons. The number of hydrogen-bond acceptors (Lipinski definition) is 2. The molecule has 2 nitrogen and oxygen atoms in total. The number of esters is 1. The van der Waals surface area contributed by atoms with Crippen LogP contribution in [0.15, 0.2) is 15.5 Å². The van der Waals surface area contributed by atoms with Gasteiger partial charge >= 0.3 is 5.97 Å². The van der Waals surface area contributed by atoms with Crippen LogP contribution in [-0.4, -0.2) is 5.97 Å². The van der Waals surface area contributed by atoms with Crippen LogP contribution in [0.25, 0.3) is 0 Å². The zero-order valence-electron chi connectivity index (χ0n) is 13.3. The number of rotatable bonds is 4. The second-order valence-corrected chi connectivity index (χ2v) is 9.23. The highest BCUT2D eigenvalue weighted by atomic mass is 79.9. The molecule has 1 aliphatic rings. The Morgan fingerprint density at radius 1 is 1.26 bits per heavy atom. The third-order valence-corrected chi connectivity index (χ3v) is 5.23. The molecule has 0 spiro atoms. The molecule has 0 unspecified atom stereocenters. The molecule has 0 heterocycles. The molecule has 6 heteroatoms. The van der Waals surface area contributed by atoms with Crippen molar-refractivity contribution >= 4 is 37.8 Å². The van der Waals surface area contributed by atoms with E-state index in [0.717, 1.165) is 9.46 Å². The minimum absolute atomic E-state index is 0.0650. The minimum atomic E-state index is -0.630. The first-order chi connectivity index (χ1) is 10.6. The molecule has 1 saturated carbocycles. The van der Waals surface area contributed by atoms with E-state index in [2.05, 4.69) is 31.9 Å². The fourth-order valence-electron chi connectivity index (χ4n) is 2.92. The summed E-state index contributed by atoms with van der Waals surface area (Å²) in [7, 11) is 0. The van der Waals surface area contributed by atoms with E-state index in [1.54, 1.807) is 13.8 Å². The average molecular weight is 452 g/mol. The van der Waals surface area contributed by atoms with Crippen molar-refractivity contribution in [3.63, 3.8) is 0 Å². The molecule has 23 heavy (non-hydrogen) atoms. The molecule has 2 rings (SSSR count). The normalized spacial score (nSPS) is 21.7. The van der Waals surface area contributed by atoms with Gasteiger partial charge in [-0.25, -0.2) is 8.78 Å². The number of hydrogen-bond donors (Lipinski definition) is 0. The lowest BCUT2D eigenvalue weighted by atomic mass is 10.0. The van der Waals surface area contributed by atoms with Gasteiger partial charge in [-0.05, 0) is 68.2 Å². The molecular weight excluding hydrogens is 434 g/mol. The highest BCUT2D eigenvalue weighted by molar-refractivity contribution is 9.28. The van der Waals surface area contributed by atoms with Crippen LogP contribution in [0.2, 0.25) is 0 Å². The van der Waals surface area contributed by atoms with E-state index in [0.29, 0.717) is 16.7 Å². The number of carbonyl (C=O) groups excluding carboxylic acids is 1. The number of ether oxygens (including phenoxy) is 1. The monoisotopic (exact) mass is 450 g/mol. The smallest absolute Gasteiger partial charge is 0.310 e. The topological polar surface area (TPSA) is 26.3 Å². The van der Waals surface area contributed by atoms with E-state index >= 15 is 0 Å². The Hall–Kier alpha value is -0.750. The van der Waals surface area contributed by atoms with E-state index in [9.17, 15) is 13.6 Å². The minimum Gasteiger partial charge on any atom is -0.461 e. The first-order valence-electron chi connectivity index (χ1n) is 7.21. The van der Waals surface area contributed by atoms with Crippen LogP contribution >= 0.6 is 31.9 Å². The SMILES string of the molecule is Cc1c(F)cc(F)c(C)c1COC(=O)[C@@H]1[C@H](C=C(Br)Br)C1(C)C. The van der Waals surface area contributed by atoms with Gasteiger partial charge in [0.25, 0.3) is 0 Å². The number of halogens is 4. The summed E-state index contributed by atoms with van der Waals surface area (Å²) in [6.45, 7) is 6.96. The van der Waals surface area contributed by atoms with Crippen LogP contribution in [0.4, 0.5) is 8.78 Å². The van der Waals surface area contributed by atoms with E-state index in [-0.39, 0.29) is 29.8 Å². The molecule has 1 aliphatic carbocycles. The van der Waals surface area contributed by atoms with Gasteiger partial charge in [-0.1, -0.05) is 19.9 Å². The molecule has 126 valence electrons. The Morgan fingerprint density at radius 2 is 1.78 bits per heavy atom. The van der Waals surface area contributed by atoms with Gasteiger partial charge < -0.3 is 4.74 Å². The Labute approximate surface area is 151 Å². The second kappa shape index (κ2) is 6.63. The number of benzene rings is 1. The van der Waals surface area contributed by atoms with E-state index in [1.165, 1.54) is 0 Å². The highest BCUT2D eigenvalue weighted by Crippen LogP contribution is 2.60. The van der Waals surface area contributed by atoms with Crippen molar-refractivity contribution in [2.45, 2.75) is 34.3 Å². The van der Waals surface area contributed by atoms with Crippen LogP contribution in [0.1, 0.15) is 30.5 Å². The molecule has 0 aromatic heterocycles. The van der Waals surface area contributed by atoms with Crippen molar-refractivity contribution in [2.24, 2.45) is 17.3 Å². The molecule has 0 saturated heterocycles. The first kappa shape index (κ1) is 18.6. The van der Waals surface area contributed by atoms with Crippen molar-refractivity contribution < 1.29 is 18.3 Å². The van der Waals surface area contributed by atoms with Crippen LogP contribution in [-0.2, 0) is 16.1 Å². The zero-order valence-corrected chi connectivity index (χ0v) is 16.5. The predicted molar refractivity (Wildman–Crippen MR) is 92.3 cm³/mol. The average Bonchev–Trinajstić information content (AvgIpc) is 2.96. The quantitative estimate of drug-likeness (QED) is 0.562. The Kier molecular flexibility index (Phi) is 5.36. The third-order valence-electron chi connectivity index (χ3n) is 4.70. The lowest BCUT2D eigenvalue weighted by molar-refractivity contribution is -0.147. The van der Waals surface area contributed by atoms with E-state index in [4.69, 9.17) is 4.74 Å². The van der Waals surface area contributed by atoms with Gasteiger partial charge in [0.1, 0.15) is 18.2 Å². The summed E-state index contributed by atoms with van der Waals surface area (Å²) in [6.07, 6.45) is 1.92. The maximum absolute atomic E-state index is 13.6. The Balaban J connectivity index is 2.11. The molecular formula is C17H18Br2F2O2. The molecule has 0 N–H and O–H groups in total. The molecule has 0 aliphatic heterocycles. The number of allylic oxidation sites excluding steroid dienone is 1. The Bertz CT molecular complexity index is 653. The highest BCUT2D eigenvalue weighted by Gasteiger charge is 2.61. The summed E-state index contributed by atoms with van der Waals surface area (Å²) < 4.78 is 33.4.